The first-order valence-electron chi connectivity index (χ1n) is 7.80. The van der Waals surface area contributed by atoms with Crippen molar-refractivity contribution in [2.45, 2.75) is 13.8 Å². The molecule has 7 heteroatoms. The molecule has 2 aromatic carbocycles. The van der Waals surface area contributed by atoms with Crippen LogP contribution in [0, 0.1) is 6.92 Å². The van der Waals surface area contributed by atoms with Gasteiger partial charge in [-0.15, -0.1) is 0 Å². The lowest BCUT2D eigenvalue weighted by molar-refractivity contribution is -0.149. The minimum Gasteiger partial charge on any atom is -0.482 e. The SMILES string of the molecule is CC(=O)c1ccc(NC(=O)COC(=O)COc2ccc(Cl)c(C)c2)cc1. The fourth-order valence-corrected chi connectivity index (χ4v) is 2.14. The third-order valence-corrected chi connectivity index (χ3v) is 3.85. The van der Waals surface area contributed by atoms with Crippen LogP contribution < -0.4 is 10.1 Å². The Morgan fingerprint density at radius 2 is 1.73 bits per heavy atom. The van der Waals surface area contributed by atoms with Gasteiger partial charge in [-0.25, -0.2) is 4.79 Å². The Kier molecular flexibility index (Phi) is 6.74. The Hall–Kier alpha value is -2.86. The van der Waals surface area contributed by atoms with Gasteiger partial charge in [0.2, 0.25) is 0 Å². The number of esters is 1. The molecule has 0 aliphatic rings. The summed E-state index contributed by atoms with van der Waals surface area (Å²) < 4.78 is 10.2. The summed E-state index contributed by atoms with van der Waals surface area (Å²) in [6.45, 7) is 2.53. The van der Waals surface area contributed by atoms with Gasteiger partial charge >= 0.3 is 5.97 Å². The Balaban J connectivity index is 1.74. The number of ether oxygens (including phenoxy) is 2. The van der Waals surface area contributed by atoms with Crippen molar-refractivity contribution in [2.75, 3.05) is 18.5 Å². The number of halogens is 1. The molecule has 0 aliphatic carbocycles. The molecule has 6 nitrogen and oxygen atoms in total. The molecule has 0 spiro atoms. The highest BCUT2D eigenvalue weighted by Gasteiger charge is 2.10. The smallest absolute Gasteiger partial charge is 0.344 e. The minimum absolute atomic E-state index is 0.0623. The van der Waals surface area contributed by atoms with E-state index in [9.17, 15) is 14.4 Å². The summed E-state index contributed by atoms with van der Waals surface area (Å²) in [6, 6.07) is 11.4. The van der Waals surface area contributed by atoms with E-state index in [0.29, 0.717) is 22.0 Å². The lowest BCUT2D eigenvalue weighted by atomic mass is 10.1. The summed E-state index contributed by atoms with van der Waals surface area (Å²) in [7, 11) is 0. The van der Waals surface area contributed by atoms with Crippen molar-refractivity contribution < 1.29 is 23.9 Å². The van der Waals surface area contributed by atoms with Gasteiger partial charge in [-0.1, -0.05) is 11.6 Å². The second-order valence-corrected chi connectivity index (χ2v) is 5.95. The van der Waals surface area contributed by atoms with E-state index >= 15 is 0 Å². The number of Topliss-reactive ketones (excluding diaryl/α,β-unsaturated/α-hetero) is 1. The summed E-state index contributed by atoms with van der Waals surface area (Å²) in [6.07, 6.45) is 0. The standard InChI is InChI=1S/C19H18ClNO5/c1-12-9-16(7-8-17(12)20)25-11-19(24)26-10-18(23)21-15-5-3-14(4-6-15)13(2)22/h3-9H,10-11H2,1-2H3,(H,21,23). The van der Waals surface area contributed by atoms with E-state index < -0.39 is 18.5 Å². The second kappa shape index (κ2) is 9.01. The van der Waals surface area contributed by atoms with Crippen LogP contribution in [0.5, 0.6) is 5.75 Å². The predicted octanol–water partition coefficient (Wildman–Crippen LogP) is 3.41. The largest absolute Gasteiger partial charge is 0.482 e. The zero-order valence-electron chi connectivity index (χ0n) is 14.4. The Morgan fingerprint density at radius 1 is 1.04 bits per heavy atom. The highest BCUT2D eigenvalue weighted by Crippen LogP contribution is 2.20. The van der Waals surface area contributed by atoms with Gasteiger partial charge in [0.1, 0.15) is 5.75 Å². The number of anilines is 1. The van der Waals surface area contributed by atoms with Gasteiger partial charge in [-0.2, -0.15) is 0 Å². The maximum Gasteiger partial charge on any atom is 0.344 e. The minimum atomic E-state index is -0.667. The zero-order valence-corrected chi connectivity index (χ0v) is 15.1. The first-order valence-corrected chi connectivity index (χ1v) is 8.18. The third-order valence-electron chi connectivity index (χ3n) is 3.43. The van der Waals surface area contributed by atoms with E-state index in [1.165, 1.54) is 6.92 Å². The molecule has 2 rings (SSSR count). The Morgan fingerprint density at radius 3 is 2.35 bits per heavy atom. The van der Waals surface area contributed by atoms with Gasteiger partial charge in [0.15, 0.2) is 19.0 Å². The average molecular weight is 376 g/mol. The van der Waals surface area contributed by atoms with E-state index in [1.54, 1.807) is 42.5 Å². The second-order valence-electron chi connectivity index (χ2n) is 5.54. The molecule has 0 fully saturated rings. The number of hydrogen-bond acceptors (Lipinski definition) is 5. The van der Waals surface area contributed by atoms with Crippen LogP contribution in [0.3, 0.4) is 0 Å². The number of hydrogen-bond donors (Lipinski definition) is 1. The number of rotatable bonds is 7. The molecule has 0 aromatic heterocycles. The lowest BCUT2D eigenvalue weighted by Gasteiger charge is -2.09. The van der Waals surface area contributed by atoms with Crippen LogP contribution in [-0.4, -0.2) is 30.9 Å². The summed E-state index contributed by atoms with van der Waals surface area (Å²) >= 11 is 5.91. The summed E-state index contributed by atoms with van der Waals surface area (Å²) in [5.41, 5.74) is 1.88. The van der Waals surface area contributed by atoms with Crippen LogP contribution in [0.4, 0.5) is 5.69 Å². The van der Waals surface area contributed by atoms with Crippen molar-refractivity contribution in [2.24, 2.45) is 0 Å². The van der Waals surface area contributed by atoms with E-state index in [1.807, 2.05) is 6.92 Å². The lowest BCUT2D eigenvalue weighted by Crippen LogP contribution is -2.23. The van der Waals surface area contributed by atoms with Crippen LogP contribution in [0.2, 0.25) is 5.02 Å². The summed E-state index contributed by atoms with van der Waals surface area (Å²) in [5.74, 6) is -0.734. The van der Waals surface area contributed by atoms with Crippen LogP contribution in [-0.2, 0) is 14.3 Å². The van der Waals surface area contributed by atoms with Crippen LogP contribution >= 0.6 is 11.6 Å². The van der Waals surface area contributed by atoms with Gasteiger partial charge in [0, 0.05) is 16.3 Å². The molecule has 0 unspecified atom stereocenters. The number of aryl methyl sites for hydroxylation is 1. The summed E-state index contributed by atoms with van der Waals surface area (Å²) in [4.78, 5) is 34.6. The third kappa shape index (κ3) is 5.89. The van der Waals surface area contributed by atoms with E-state index in [0.717, 1.165) is 5.56 Å². The van der Waals surface area contributed by atoms with Crippen molar-refractivity contribution in [3.8, 4) is 5.75 Å². The number of carbonyl (C=O) groups excluding carboxylic acids is 3. The quantitative estimate of drug-likeness (QED) is 0.592. The maximum atomic E-state index is 11.8. The van der Waals surface area contributed by atoms with Gasteiger partial charge in [-0.05, 0) is 61.9 Å². The molecule has 0 heterocycles. The van der Waals surface area contributed by atoms with E-state index in [2.05, 4.69) is 5.32 Å². The van der Waals surface area contributed by atoms with E-state index in [-0.39, 0.29) is 12.4 Å². The van der Waals surface area contributed by atoms with Gasteiger partial charge in [0.05, 0.1) is 0 Å². The monoisotopic (exact) mass is 375 g/mol. The summed E-state index contributed by atoms with van der Waals surface area (Å²) in [5, 5.41) is 3.17. The normalized spacial score (nSPS) is 10.1. The zero-order chi connectivity index (χ0) is 19.1. The van der Waals surface area contributed by atoms with Crippen molar-refractivity contribution in [3.05, 3.63) is 58.6 Å². The van der Waals surface area contributed by atoms with Crippen LogP contribution in [0.1, 0.15) is 22.8 Å². The van der Waals surface area contributed by atoms with Crippen molar-refractivity contribution in [1.29, 1.82) is 0 Å². The molecule has 0 saturated heterocycles. The first-order chi connectivity index (χ1) is 12.3. The molecule has 0 saturated carbocycles. The molecule has 1 amide bonds. The Bertz CT molecular complexity index is 817. The van der Waals surface area contributed by atoms with Crippen LogP contribution in [0.25, 0.3) is 0 Å². The molecule has 136 valence electrons. The first kappa shape index (κ1) is 19.5. The van der Waals surface area contributed by atoms with Gasteiger partial charge in [-0.3, -0.25) is 9.59 Å². The van der Waals surface area contributed by atoms with Crippen molar-refractivity contribution in [1.82, 2.24) is 0 Å². The molecule has 26 heavy (non-hydrogen) atoms. The predicted molar refractivity (Wildman–Crippen MR) is 97.7 cm³/mol. The molecular weight excluding hydrogens is 358 g/mol. The number of benzene rings is 2. The molecule has 0 radical (unpaired) electrons. The molecule has 0 atom stereocenters. The van der Waals surface area contributed by atoms with E-state index in [4.69, 9.17) is 21.1 Å². The van der Waals surface area contributed by atoms with Crippen LogP contribution in [0.15, 0.2) is 42.5 Å². The van der Waals surface area contributed by atoms with Crippen molar-refractivity contribution in [3.63, 3.8) is 0 Å². The highest BCUT2D eigenvalue weighted by atomic mass is 35.5. The molecule has 1 N–H and O–H groups in total. The number of amides is 1. The average Bonchev–Trinajstić information content (AvgIpc) is 2.61. The van der Waals surface area contributed by atoms with Gasteiger partial charge in [0.25, 0.3) is 5.91 Å². The Labute approximate surface area is 156 Å². The molecule has 2 aromatic rings. The maximum absolute atomic E-state index is 11.8. The number of ketones is 1. The fraction of sp³-hybridized carbons (Fsp3) is 0.211. The highest BCUT2D eigenvalue weighted by molar-refractivity contribution is 6.31. The number of carbonyl (C=O) groups is 3. The fourth-order valence-electron chi connectivity index (χ4n) is 2.02. The topological polar surface area (TPSA) is 81.7 Å². The molecule has 0 bridgehead atoms. The van der Waals surface area contributed by atoms with Gasteiger partial charge < -0.3 is 14.8 Å². The molecular formula is C19H18ClNO5. The van der Waals surface area contributed by atoms with Crippen molar-refractivity contribution >= 4 is 34.9 Å². The number of nitrogens with one attached hydrogen (secondary N) is 1. The molecule has 0 aliphatic heterocycles.